The monoisotopic (exact) mass is 349 g/mol. The Kier molecular flexibility index (Phi) is 5.18. The molecule has 0 bridgehead atoms. The number of hydrogen-bond acceptors (Lipinski definition) is 3. The van der Waals surface area contributed by atoms with Crippen LogP contribution in [0.1, 0.15) is 18.1 Å². The number of nitriles is 1. The molecule has 0 heterocycles. The van der Waals surface area contributed by atoms with Gasteiger partial charge >= 0.3 is 0 Å². The molecule has 2 rings (SSSR count). The molecule has 0 radical (unpaired) electrons. The Balaban J connectivity index is 2.17. The van der Waals surface area contributed by atoms with Crippen molar-refractivity contribution >= 4 is 15.9 Å². The Hall–Kier alpha value is -2.06. The Bertz CT molecular complexity index is 662. The highest BCUT2D eigenvalue weighted by molar-refractivity contribution is 9.10. The molecule has 0 saturated carbocycles. The predicted octanol–water partition coefficient (Wildman–Crippen LogP) is 4.44. The second-order valence-corrected chi connectivity index (χ2v) is 5.19. The van der Waals surface area contributed by atoms with E-state index in [0.717, 1.165) is 0 Å². The zero-order valence-corrected chi connectivity index (χ0v) is 13.0. The van der Waals surface area contributed by atoms with Gasteiger partial charge in [-0.3, -0.25) is 0 Å². The quantitative estimate of drug-likeness (QED) is 0.801. The highest BCUT2D eigenvalue weighted by atomic mass is 79.9. The van der Waals surface area contributed by atoms with Crippen LogP contribution >= 0.6 is 15.9 Å². The molecule has 0 unspecified atom stereocenters. The summed E-state index contributed by atoms with van der Waals surface area (Å²) in [4.78, 5) is 0. The minimum absolute atomic E-state index is 0.211. The molecule has 0 fully saturated rings. The maximum atomic E-state index is 13.3. The summed E-state index contributed by atoms with van der Waals surface area (Å²) in [5, 5.41) is 8.90. The average molecular weight is 350 g/mol. The summed E-state index contributed by atoms with van der Waals surface area (Å²) in [5.74, 6) is 0.705. The Labute approximate surface area is 131 Å². The molecule has 5 heteroatoms. The van der Waals surface area contributed by atoms with E-state index in [2.05, 4.69) is 22.0 Å². The Morgan fingerprint density at radius 3 is 2.62 bits per heavy atom. The zero-order chi connectivity index (χ0) is 15.2. The molecule has 21 heavy (non-hydrogen) atoms. The van der Waals surface area contributed by atoms with E-state index in [9.17, 15) is 4.39 Å². The van der Waals surface area contributed by atoms with Gasteiger partial charge in [-0.2, -0.15) is 5.26 Å². The third kappa shape index (κ3) is 4.20. The van der Waals surface area contributed by atoms with E-state index in [1.807, 2.05) is 6.92 Å². The first-order chi connectivity index (χ1) is 10.1. The Morgan fingerprint density at radius 2 is 1.95 bits per heavy atom. The molecule has 2 aromatic rings. The number of benzene rings is 2. The van der Waals surface area contributed by atoms with E-state index >= 15 is 0 Å². The fourth-order valence-electron chi connectivity index (χ4n) is 1.82. The summed E-state index contributed by atoms with van der Waals surface area (Å²) in [6.45, 7) is 2.53. The van der Waals surface area contributed by atoms with Crippen molar-refractivity contribution in [3.05, 3.63) is 57.8 Å². The molecule has 3 nitrogen and oxygen atoms in total. The molecule has 0 atom stereocenters. The van der Waals surface area contributed by atoms with Crippen LogP contribution in [0.2, 0.25) is 0 Å². The van der Waals surface area contributed by atoms with Crippen molar-refractivity contribution in [3.8, 4) is 17.6 Å². The predicted molar refractivity (Wildman–Crippen MR) is 80.8 cm³/mol. The standard InChI is InChI=1S/C16H13BrFNO2/c1-2-20-16-7-11(9-19)3-4-15(16)21-10-12-5-13(17)8-14(18)6-12/h3-8H,2,10H2,1H3. The number of ether oxygens (including phenoxy) is 2. The van der Waals surface area contributed by atoms with Crippen molar-refractivity contribution in [3.63, 3.8) is 0 Å². The van der Waals surface area contributed by atoms with Crippen molar-refractivity contribution < 1.29 is 13.9 Å². The topological polar surface area (TPSA) is 42.2 Å². The second-order valence-electron chi connectivity index (χ2n) is 4.27. The maximum Gasteiger partial charge on any atom is 0.162 e. The fourth-order valence-corrected chi connectivity index (χ4v) is 2.33. The summed E-state index contributed by atoms with van der Waals surface area (Å²) in [6, 6.07) is 11.6. The van der Waals surface area contributed by atoms with Crippen LogP contribution in [0.15, 0.2) is 40.9 Å². The molecule has 2 aromatic carbocycles. The van der Waals surface area contributed by atoms with Gasteiger partial charge in [0.1, 0.15) is 12.4 Å². The summed E-state index contributed by atoms with van der Waals surface area (Å²) in [6.07, 6.45) is 0. The molecular formula is C16H13BrFNO2. The van der Waals surface area contributed by atoms with Gasteiger partial charge in [-0.05, 0) is 42.8 Å². The molecule has 0 amide bonds. The lowest BCUT2D eigenvalue weighted by Gasteiger charge is -2.12. The van der Waals surface area contributed by atoms with Crippen LogP contribution in [0.4, 0.5) is 4.39 Å². The summed E-state index contributed by atoms with van der Waals surface area (Å²) >= 11 is 3.24. The van der Waals surface area contributed by atoms with Gasteiger partial charge in [-0.25, -0.2) is 4.39 Å². The smallest absolute Gasteiger partial charge is 0.162 e. The van der Waals surface area contributed by atoms with Crippen molar-refractivity contribution in [2.24, 2.45) is 0 Å². The summed E-state index contributed by atoms with van der Waals surface area (Å²) in [5.41, 5.74) is 1.20. The van der Waals surface area contributed by atoms with E-state index in [1.54, 1.807) is 24.3 Å². The lowest BCUT2D eigenvalue weighted by Crippen LogP contribution is -2.00. The van der Waals surface area contributed by atoms with Gasteiger partial charge < -0.3 is 9.47 Å². The van der Waals surface area contributed by atoms with E-state index < -0.39 is 0 Å². The highest BCUT2D eigenvalue weighted by Crippen LogP contribution is 2.29. The maximum absolute atomic E-state index is 13.3. The number of halogens is 2. The summed E-state index contributed by atoms with van der Waals surface area (Å²) < 4.78 is 25.1. The van der Waals surface area contributed by atoms with Gasteiger partial charge in [0, 0.05) is 10.5 Å². The minimum Gasteiger partial charge on any atom is -0.490 e. The largest absolute Gasteiger partial charge is 0.490 e. The number of nitrogens with zero attached hydrogens (tertiary/aromatic N) is 1. The van der Waals surface area contributed by atoms with Crippen molar-refractivity contribution in [1.29, 1.82) is 5.26 Å². The van der Waals surface area contributed by atoms with E-state index in [0.29, 0.717) is 33.7 Å². The van der Waals surface area contributed by atoms with Crippen LogP contribution in [0.25, 0.3) is 0 Å². The van der Waals surface area contributed by atoms with Crippen LogP contribution < -0.4 is 9.47 Å². The summed E-state index contributed by atoms with van der Waals surface area (Å²) in [7, 11) is 0. The first-order valence-electron chi connectivity index (χ1n) is 6.37. The first-order valence-corrected chi connectivity index (χ1v) is 7.16. The lowest BCUT2D eigenvalue weighted by molar-refractivity contribution is 0.269. The molecule has 0 aliphatic heterocycles. The number of rotatable bonds is 5. The van der Waals surface area contributed by atoms with Gasteiger partial charge in [-0.15, -0.1) is 0 Å². The van der Waals surface area contributed by atoms with E-state index in [4.69, 9.17) is 14.7 Å². The highest BCUT2D eigenvalue weighted by Gasteiger charge is 2.07. The van der Waals surface area contributed by atoms with E-state index in [1.165, 1.54) is 12.1 Å². The van der Waals surface area contributed by atoms with Gasteiger partial charge in [0.2, 0.25) is 0 Å². The molecule has 0 aromatic heterocycles. The third-order valence-electron chi connectivity index (χ3n) is 2.69. The molecule has 108 valence electrons. The van der Waals surface area contributed by atoms with Crippen LogP contribution in [-0.4, -0.2) is 6.61 Å². The van der Waals surface area contributed by atoms with Gasteiger partial charge in [0.05, 0.1) is 18.2 Å². The molecule has 0 spiro atoms. The Morgan fingerprint density at radius 1 is 1.14 bits per heavy atom. The normalized spacial score (nSPS) is 10.0. The fraction of sp³-hybridized carbons (Fsp3) is 0.188. The van der Waals surface area contributed by atoms with Gasteiger partial charge in [0.25, 0.3) is 0 Å². The van der Waals surface area contributed by atoms with Gasteiger partial charge in [0.15, 0.2) is 11.5 Å². The van der Waals surface area contributed by atoms with Crippen molar-refractivity contribution in [2.75, 3.05) is 6.61 Å². The number of hydrogen-bond donors (Lipinski definition) is 0. The molecule has 0 saturated heterocycles. The third-order valence-corrected chi connectivity index (χ3v) is 3.15. The van der Waals surface area contributed by atoms with Crippen LogP contribution in [0, 0.1) is 17.1 Å². The molecule has 0 aliphatic carbocycles. The first kappa shape index (κ1) is 15.3. The minimum atomic E-state index is -0.326. The molecule has 0 aliphatic rings. The van der Waals surface area contributed by atoms with Crippen molar-refractivity contribution in [1.82, 2.24) is 0 Å². The van der Waals surface area contributed by atoms with Gasteiger partial charge in [-0.1, -0.05) is 15.9 Å². The lowest BCUT2D eigenvalue weighted by atomic mass is 10.2. The SMILES string of the molecule is CCOc1cc(C#N)ccc1OCc1cc(F)cc(Br)c1. The zero-order valence-electron chi connectivity index (χ0n) is 11.4. The van der Waals surface area contributed by atoms with Crippen molar-refractivity contribution in [2.45, 2.75) is 13.5 Å². The molecule has 0 N–H and O–H groups in total. The van der Waals surface area contributed by atoms with Crippen LogP contribution in [0.3, 0.4) is 0 Å². The average Bonchev–Trinajstić information content (AvgIpc) is 2.45. The van der Waals surface area contributed by atoms with E-state index in [-0.39, 0.29) is 12.4 Å². The van der Waals surface area contributed by atoms with Crippen LogP contribution in [-0.2, 0) is 6.61 Å². The van der Waals surface area contributed by atoms with Crippen LogP contribution in [0.5, 0.6) is 11.5 Å². The molecular weight excluding hydrogens is 337 g/mol. The second kappa shape index (κ2) is 7.09.